The molecule has 1 rings (SSSR count). The number of nitrogens with zero attached hydrogens (tertiary/aromatic N) is 1. The first-order valence-electron chi connectivity index (χ1n) is 4.54. The lowest BCUT2D eigenvalue weighted by molar-refractivity contribution is -0.872. The SMILES string of the molecule is C[N+](C)(C)C[C@@H]1[C@@H](C(N)=O)[C@H]1C(=O)[O-]. The minimum Gasteiger partial charge on any atom is -0.550 e. The van der Waals surface area contributed by atoms with Gasteiger partial charge in [0.1, 0.15) is 0 Å². The second-order valence-electron chi connectivity index (χ2n) is 4.91. The number of nitrogens with two attached hydrogens (primary N) is 1. The van der Waals surface area contributed by atoms with Crippen molar-refractivity contribution in [1.82, 2.24) is 0 Å². The fourth-order valence-corrected chi connectivity index (χ4v) is 1.94. The molecule has 0 radical (unpaired) electrons. The Labute approximate surface area is 83.1 Å². The summed E-state index contributed by atoms with van der Waals surface area (Å²) in [5.74, 6) is -3.05. The Morgan fingerprint density at radius 3 is 2.00 bits per heavy atom. The minimum absolute atomic E-state index is 0.155. The van der Waals surface area contributed by atoms with Crippen molar-refractivity contribution in [2.75, 3.05) is 27.7 Å². The van der Waals surface area contributed by atoms with E-state index in [2.05, 4.69) is 0 Å². The molecular weight excluding hydrogens is 184 g/mol. The molecule has 0 unspecified atom stereocenters. The molecule has 0 bridgehead atoms. The standard InChI is InChI=1S/C9H16N2O3/c1-11(2,3)4-5-6(8(10)12)7(5)9(13)14/h5-7H,4H2,1-3H3,(H2-,10,12,13,14)/t5-,6-,7+/m1/s1. The lowest BCUT2D eigenvalue weighted by Gasteiger charge is -2.24. The number of amides is 1. The van der Waals surface area contributed by atoms with Crippen molar-refractivity contribution in [2.24, 2.45) is 23.5 Å². The molecule has 1 aliphatic carbocycles. The second-order valence-corrected chi connectivity index (χ2v) is 4.91. The largest absolute Gasteiger partial charge is 0.550 e. The zero-order valence-corrected chi connectivity index (χ0v) is 8.69. The molecule has 0 aromatic carbocycles. The number of aliphatic carboxylic acids is 1. The summed E-state index contributed by atoms with van der Waals surface area (Å²) in [6.07, 6.45) is 0. The van der Waals surface area contributed by atoms with Crippen molar-refractivity contribution < 1.29 is 19.2 Å². The molecule has 2 N–H and O–H groups in total. The van der Waals surface area contributed by atoms with Crippen LogP contribution in [-0.4, -0.2) is 44.0 Å². The van der Waals surface area contributed by atoms with Crippen molar-refractivity contribution in [2.45, 2.75) is 0 Å². The normalized spacial score (nSPS) is 31.2. The number of carboxylic acid groups (broad SMARTS) is 1. The number of quaternary nitrogens is 1. The summed E-state index contributed by atoms with van der Waals surface area (Å²) < 4.78 is 0.623. The van der Waals surface area contributed by atoms with Crippen molar-refractivity contribution >= 4 is 11.9 Å². The predicted octanol–water partition coefficient (Wildman–Crippen LogP) is -2.21. The highest BCUT2D eigenvalue weighted by Gasteiger charge is 2.56. The summed E-state index contributed by atoms with van der Waals surface area (Å²) in [6, 6.07) is 0. The van der Waals surface area contributed by atoms with Crippen LogP contribution in [-0.2, 0) is 9.59 Å². The Hall–Kier alpha value is -1.10. The van der Waals surface area contributed by atoms with Gasteiger partial charge < -0.3 is 20.1 Å². The third-order valence-corrected chi connectivity index (χ3v) is 2.53. The summed E-state index contributed by atoms with van der Waals surface area (Å²) in [4.78, 5) is 21.5. The van der Waals surface area contributed by atoms with Gasteiger partial charge >= 0.3 is 0 Å². The highest BCUT2D eigenvalue weighted by molar-refractivity contribution is 5.88. The number of hydrogen-bond acceptors (Lipinski definition) is 3. The van der Waals surface area contributed by atoms with Gasteiger partial charge in [0, 0.05) is 17.8 Å². The molecule has 80 valence electrons. The maximum Gasteiger partial charge on any atom is 0.221 e. The molecule has 0 aromatic heterocycles. The Bertz CT molecular complexity index is 250. The number of primary amides is 1. The summed E-state index contributed by atoms with van der Waals surface area (Å²) in [7, 11) is 5.84. The van der Waals surface area contributed by atoms with Crippen LogP contribution in [0.25, 0.3) is 0 Å². The Morgan fingerprint density at radius 2 is 1.79 bits per heavy atom. The number of rotatable bonds is 4. The smallest absolute Gasteiger partial charge is 0.221 e. The van der Waals surface area contributed by atoms with Crippen LogP contribution in [0.3, 0.4) is 0 Å². The van der Waals surface area contributed by atoms with Crippen LogP contribution in [0.15, 0.2) is 0 Å². The molecule has 0 aliphatic heterocycles. The van der Waals surface area contributed by atoms with Gasteiger partial charge in [0.05, 0.1) is 33.6 Å². The van der Waals surface area contributed by atoms with Gasteiger partial charge in [-0.05, 0) is 0 Å². The molecule has 3 atom stereocenters. The van der Waals surface area contributed by atoms with Gasteiger partial charge in [0.2, 0.25) is 5.91 Å². The molecule has 0 saturated heterocycles. The van der Waals surface area contributed by atoms with Crippen LogP contribution in [0.5, 0.6) is 0 Å². The van der Waals surface area contributed by atoms with E-state index in [1.807, 2.05) is 21.1 Å². The number of carboxylic acids is 1. The summed E-state index contributed by atoms with van der Waals surface area (Å²) in [5, 5.41) is 10.6. The van der Waals surface area contributed by atoms with E-state index >= 15 is 0 Å². The zero-order chi connectivity index (χ0) is 11.1. The van der Waals surface area contributed by atoms with Crippen LogP contribution in [0.1, 0.15) is 0 Å². The van der Waals surface area contributed by atoms with Crippen LogP contribution in [0, 0.1) is 17.8 Å². The summed E-state index contributed by atoms with van der Waals surface area (Å²) in [6.45, 7) is 0.631. The molecule has 0 spiro atoms. The Balaban J connectivity index is 2.64. The molecule has 0 aromatic rings. The Morgan fingerprint density at radius 1 is 1.29 bits per heavy atom. The lowest BCUT2D eigenvalue weighted by Crippen LogP contribution is -2.38. The number of carbonyl (C=O) groups excluding carboxylic acids is 2. The van der Waals surface area contributed by atoms with Crippen LogP contribution in [0.2, 0.25) is 0 Å². The van der Waals surface area contributed by atoms with E-state index in [4.69, 9.17) is 5.73 Å². The van der Waals surface area contributed by atoms with Crippen LogP contribution < -0.4 is 10.8 Å². The first-order valence-corrected chi connectivity index (χ1v) is 4.54. The van der Waals surface area contributed by atoms with E-state index in [0.717, 1.165) is 0 Å². The topological polar surface area (TPSA) is 83.2 Å². The van der Waals surface area contributed by atoms with Crippen molar-refractivity contribution in [3.63, 3.8) is 0 Å². The average molecular weight is 200 g/mol. The number of hydrogen-bond donors (Lipinski definition) is 1. The monoisotopic (exact) mass is 200 g/mol. The quantitative estimate of drug-likeness (QED) is 0.522. The van der Waals surface area contributed by atoms with Crippen LogP contribution in [0.4, 0.5) is 0 Å². The summed E-state index contributed by atoms with van der Waals surface area (Å²) >= 11 is 0. The van der Waals surface area contributed by atoms with E-state index in [1.165, 1.54) is 0 Å². The molecule has 1 amide bonds. The van der Waals surface area contributed by atoms with Gasteiger partial charge in [0.15, 0.2) is 0 Å². The first-order chi connectivity index (χ1) is 6.24. The van der Waals surface area contributed by atoms with Gasteiger partial charge in [-0.15, -0.1) is 0 Å². The maximum absolute atomic E-state index is 10.9. The maximum atomic E-state index is 10.9. The fraction of sp³-hybridized carbons (Fsp3) is 0.778. The van der Waals surface area contributed by atoms with Gasteiger partial charge in [-0.2, -0.15) is 0 Å². The molecule has 5 heteroatoms. The van der Waals surface area contributed by atoms with Crippen LogP contribution >= 0.6 is 0 Å². The van der Waals surface area contributed by atoms with Gasteiger partial charge in [-0.25, -0.2) is 0 Å². The average Bonchev–Trinajstić information content (AvgIpc) is 2.57. The van der Waals surface area contributed by atoms with Gasteiger partial charge in [0.25, 0.3) is 0 Å². The van der Waals surface area contributed by atoms with Crippen molar-refractivity contribution in [1.29, 1.82) is 0 Å². The molecule has 1 fully saturated rings. The van der Waals surface area contributed by atoms with Crippen molar-refractivity contribution in [3.8, 4) is 0 Å². The van der Waals surface area contributed by atoms with E-state index in [1.54, 1.807) is 0 Å². The van der Waals surface area contributed by atoms with Crippen molar-refractivity contribution in [3.05, 3.63) is 0 Å². The predicted molar refractivity (Wildman–Crippen MR) is 47.6 cm³/mol. The van der Waals surface area contributed by atoms with Gasteiger partial charge in [-0.3, -0.25) is 4.79 Å². The molecule has 0 heterocycles. The minimum atomic E-state index is -1.16. The third kappa shape index (κ3) is 2.23. The third-order valence-electron chi connectivity index (χ3n) is 2.53. The molecule has 5 nitrogen and oxygen atoms in total. The summed E-state index contributed by atoms with van der Waals surface area (Å²) in [5.41, 5.74) is 5.10. The second kappa shape index (κ2) is 3.24. The molecule has 14 heavy (non-hydrogen) atoms. The van der Waals surface area contributed by atoms with E-state index in [-0.39, 0.29) is 5.92 Å². The number of carbonyl (C=O) groups is 2. The zero-order valence-electron chi connectivity index (χ0n) is 8.69. The van der Waals surface area contributed by atoms with E-state index in [9.17, 15) is 14.7 Å². The Kier molecular flexibility index (Phi) is 2.54. The first kappa shape index (κ1) is 11.0. The molecule has 1 saturated carbocycles. The lowest BCUT2D eigenvalue weighted by atomic mass is 10.3. The molecule has 1 aliphatic rings. The highest BCUT2D eigenvalue weighted by Crippen LogP contribution is 2.46. The fourth-order valence-electron chi connectivity index (χ4n) is 1.94. The highest BCUT2D eigenvalue weighted by atomic mass is 16.4. The van der Waals surface area contributed by atoms with E-state index < -0.39 is 23.7 Å². The van der Waals surface area contributed by atoms with Gasteiger partial charge in [-0.1, -0.05) is 0 Å². The van der Waals surface area contributed by atoms with E-state index in [0.29, 0.717) is 11.0 Å². The molecular formula is C9H16N2O3.